The van der Waals surface area contributed by atoms with Crippen LogP contribution in [0.25, 0.3) is 0 Å². The summed E-state index contributed by atoms with van der Waals surface area (Å²) in [6.45, 7) is 5.62. The fourth-order valence-corrected chi connectivity index (χ4v) is 1.74. The van der Waals surface area contributed by atoms with E-state index in [-0.39, 0.29) is 34.7 Å². The predicted molar refractivity (Wildman–Crippen MR) is 64.9 cm³/mol. The van der Waals surface area contributed by atoms with Crippen molar-refractivity contribution in [1.29, 1.82) is 0 Å². The summed E-state index contributed by atoms with van der Waals surface area (Å²) in [5.74, 6) is 0.154. The molecular weight excluding hydrogens is 282 g/mol. The number of rotatable bonds is 6. The van der Waals surface area contributed by atoms with Gasteiger partial charge in [0.2, 0.25) is 5.91 Å². The Balaban J connectivity index is 3.93. The maximum Gasteiger partial charge on any atom is 0.234 e. The van der Waals surface area contributed by atoms with Gasteiger partial charge in [0.25, 0.3) is 0 Å². The standard InChI is InChI=1S/C9H18BrNO3S/c1-4-15(13,14)6-5-11-9(12)8(10)7(2)3/h7-8H,4-6H2,1-3H3,(H,11,12). The van der Waals surface area contributed by atoms with Crippen LogP contribution in [-0.4, -0.2) is 37.2 Å². The lowest BCUT2D eigenvalue weighted by Gasteiger charge is -2.13. The van der Waals surface area contributed by atoms with Crippen molar-refractivity contribution in [1.82, 2.24) is 5.32 Å². The highest BCUT2D eigenvalue weighted by Gasteiger charge is 2.18. The number of carbonyl (C=O) groups is 1. The lowest BCUT2D eigenvalue weighted by molar-refractivity contribution is -0.120. The van der Waals surface area contributed by atoms with Crippen LogP contribution in [0.3, 0.4) is 0 Å². The van der Waals surface area contributed by atoms with E-state index in [1.807, 2.05) is 13.8 Å². The lowest BCUT2D eigenvalue weighted by atomic mass is 10.1. The van der Waals surface area contributed by atoms with Crippen molar-refractivity contribution in [2.75, 3.05) is 18.1 Å². The number of nitrogens with one attached hydrogen (secondary N) is 1. The Morgan fingerprint density at radius 3 is 2.33 bits per heavy atom. The van der Waals surface area contributed by atoms with Crippen molar-refractivity contribution < 1.29 is 13.2 Å². The highest BCUT2D eigenvalue weighted by Crippen LogP contribution is 2.11. The van der Waals surface area contributed by atoms with E-state index in [2.05, 4.69) is 21.2 Å². The second-order valence-corrected chi connectivity index (χ2v) is 7.13. The number of halogens is 1. The number of sulfone groups is 1. The fourth-order valence-electron chi connectivity index (χ4n) is 0.874. The summed E-state index contributed by atoms with van der Waals surface area (Å²) in [7, 11) is -2.99. The maximum atomic E-state index is 11.4. The summed E-state index contributed by atoms with van der Waals surface area (Å²) < 4.78 is 22.2. The van der Waals surface area contributed by atoms with Gasteiger partial charge < -0.3 is 5.32 Å². The summed E-state index contributed by atoms with van der Waals surface area (Å²) in [5, 5.41) is 2.59. The molecule has 1 N–H and O–H groups in total. The Hall–Kier alpha value is -0.100. The van der Waals surface area contributed by atoms with E-state index < -0.39 is 9.84 Å². The molecule has 15 heavy (non-hydrogen) atoms. The summed E-state index contributed by atoms with van der Waals surface area (Å²) in [6, 6.07) is 0. The van der Waals surface area contributed by atoms with Crippen molar-refractivity contribution in [2.24, 2.45) is 5.92 Å². The minimum Gasteiger partial charge on any atom is -0.354 e. The molecule has 0 saturated heterocycles. The largest absolute Gasteiger partial charge is 0.354 e. The Kier molecular flexibility index (Phi) is 6.43. The normalized spacial score (nSPS) is 13.9. The summed E-state index contributed by atoms with van der Waals surface area (Å²) in [4.78, 5) is 11.1. The number of hydrogen-bond acceptors (Lipinski definition) is 3. The Bertz CT molecular complexity index is 300. The average Bonchev–Trinajstić information content (AvgIpc) is 2.16. The molecule has 0 spiro atoms. The predicted octanol–water partition coefficient (Wildman–Crippen LogP) is 0.957. The third-order valence-electron chi connectivity index (χ3n) is 1.99. The molecule has 0 fully saturated rings. The van der Waals surface area contributed by atoms with Gasteiger partial charge in [-0.2, -0.15) is 0 Å². The molecule has 90 valence electrons. The second kappa shape index (κ2) is 6.48. The highest BCUT2D eigenvalue weighted by molar-refractivity contribution is 9.10. The fraction of sp³-hybridized carbons (Fsp3) is 0.889. The van der Waals surface area contributed by atoms with Crippen molar-refractivity contribution in [2.45, 2.75) is 25.6 Å². The van der Waals surface area contributed by atoms with Crippen molar-refractivity contribution in [3.8, 4) is 0 Å². The molecule has 0 bridgehead atoms. The first-order valence-electron chi connectivity index (χ1n) is 4.92. The average molecular weight is 300 g/mol. The molecule has 0 aromatic rings. The number of carbonyl (C=O) groups excluding carboxylic acids is 1. The third kappa shape index (κ3) is 6.14. The van der Waals surface area contributed by atoms with Crippen LogP contribution in [0.5, 0.6) is 0 Å². The zero-order valence-corrected chi connectivity index (χ0v) is 11.7. The number of alkyl halides is 1. The van der Waals surface area contributed by atoms with Gasteiger partial charge in [0.05, 0.1) is 10.6 Å². The van der Waals surface area contributed by atoms with Crippen LogP contribution in [0.1, 0.15) is 20.8 Å². The molecule has 0 aliphatic rings. The molecule has 0 aromatic heterocycles. The Labute approximate surface area is 99.9 Å². The van der Waals surface area contributed by atoms with Gasteiger partial charge in [-0.05, 0) is 5.92 Å². The van der Waals surface area contributed by atoms with Crippen LogP contribution in [-0.2, 0) is 14.6 Å². The first-order valence-corrected chi connectivity index (χ1v) is 7.66. The van der Waals surface area contributed by atoms with Crippen LogP contribution in [0, 0.1) is 5.92 Å². The van der Waals surface area contributed by atoms with Gasteiger partial charge in [0, 0.05) is 12.3 Å². The molecular formula is C9H18BrNO3S. The Morgan fingerprint density at radius 1 is 1.40 bits per heavy atom. The summed E-state index contributed by atoms with van der Waals surface area (Å²) in [5.41, 5.74) is 0. The van der Waals surface area contributed by atoms with Gasteiger partial charge >= 0.3 is 0 Å². The molecule has 0 aromatic carbocycles. The van der Waals surface area contributed by atoms with Crippen LogP contribution < -0.4 is 5.32 Å². The smallest absolute Gasteiger partial charge is 0.234 e. The molecule has 0 saturated carbocycles. The molecule has 4 nitrogen and oxygen atoms in total. The number of hydrogen-bond donors (Lipinski definition) is 1. The first-order chi connectivity index (χ1) is 6.80. The number of amides is 1. The van der Waals surface area contributed by atoms with Gasteiger partial charge in [-0.1, -0.05) is 36.7 Å². The van der Waals surface area contributed by atoms with Crippen molar-refractivity contribution >= 4 is 31.7 Å². The monoisotopic (exact) mass is 299 g/mol. The quantitative estimate of drug-likeness (QED) is 0.743. The molecule has 1 atom stereocenters. The van der Waals surface area contributed by atoms with E-state index >= 15 is 0 Å². The minimum absolute atomic E-state index is 0.00700. The molecule has 6 heteroatoms. The molecule has 1 unspecified atom stereocenters. The summed E-state index contributed by atoms with van der Waals surface area (Å²) in [6.07, 6.45) is 0. The molecule has 0 aliphatic carbocycles. The third-order valence-corrected chi connectivity index (χ3v) is 5.17. The van der Waals surface area contributed by atoms with E-state index in [9.17, 15) is 13.2 Å². The molecule has 1 amide bonds. The highest BCUT2D eigenvalue weighted by atomic mass is 79.9. The van der Waals surface area contributed by atoms with Crippen LogP contribution in [0.15, 0.2) is 0 Å². The van der Waals surface area contributed by atoms with Gasteiger partial charge in [-0.3, -0.25) is 4.79 Å². The van der Waals surface area contributed by atoms with Crippen LogP contribution in [0.4, 0.5) is 0 Å². The van der Waals surface area contributed by atoms with Gasteiger partial charge in [-0.25, -0.2) is 8.42 Å². The van der Waals surface area contributed by atoms with E-state index in [0.717, 1.165) is 0 Å². The van der Waals surface area contributed by atoms with Crippen LogP contribution in [0.2, 0.25) is 0 Å². The van der Waals surface area contributed by atoms with Crippen LogP contribution >= 0.6 is 15.9 Å². The van der Waals surface area contributed by atoms with E-state index in [1.54, 1.807) is 6.92 Å². The van der Waals surface area contributed by atoms with Gasteiger partial charge in [0.15, 0.2) is 9.84 Å². The molecule has 0 radical (unpaired) electrons. The van der Waals surface area contributed by atoms with Gasteiger partial charge in [-0.15, -0.1) is 0 Å². The van der Waals surface area contributed by atoms with E-state index in [1.165, 1.54) is 0 Å². The van der Waals surface area contributed by atoms with Gasteiger partial charge in [0.1, 0.15) is 0 Å². The maximum absolute atomic E-state index is 11.4. The lowest BCUT2D eigenvalue weighted by Crippen LogP contribution is -2.36. The zero-order chi connectivity index (χ0) is 12.1. The summed E-state index contributed by atoms with van der Waals surface area (Å²) >= 11 is 3.24. The molecule has 0 heterocycles. The molecule has 0 aliphatic heterocycles. The zero-order valence-electron chi connectivity index (χ0n) is 9.29. The van der Waals surface area contributed by atoms with E-state index in [0.29, 0.717) is 0 Å². The van der Waals surface area contributed by atoms with Crippen molar-refractivity contribution in [3.05, 3.63) is 0 Å². The Morgan fingerprint density at radius 2 is 1.93 bits per heavy atom. The topological polar surface area (TPSA) is 63.2 Å². The van der Waals surface area contributed by atoms with E-state index in [4.69, 9.17) is 0 Å². The van der Waals surface area contributed by atoms with Crippen molar-refractivity contribution in [3.63, 3.8) is 0 Å². The second-order valence-electron chi connectivity index (χ2n) is 3.67. The minimum atomic E-state index is -2.99. The SMILES string of the molecule is CCS(=O)(=O)CCNC(=O)C(Br)C(C)C. The first kappa shape index (κ1) is 14.9. The molecule has 0 rings (SSSR count).